The number of hydrogen-bond donors (Lipinski definition) is 0. The minimum atomic E-state index is -1.20. The zero-order chi connectivity index (χ0) is 10.9. The summed E-state index contributed by atoms with van der Waals surface area (Å²) in [4.78, 5) is 4.35. The molecule has 0 amide bonds. The van der Waals surface area contributed by atoms with Gasteiger partial charge in [0.2, 0.25) is 3.67 Å². The molecule has 0 aliphatic heterocycles. The van der Waals surface area contributed by atoms with Crippen LogP contribution in [0, 0.1) is 0 Å². The lowest BCUT2D eigenvalue weighted by Crippen LogP contribution is -2.05. The third-order valence-electron chi connectivity index (χ3n) is 1.99. The van der Waals surface area contributed by atoms with E-state index in [0.29, 0.717) is 5.69 Å². The zero-order valence-electron chi connectivity index (χ0n) is 7.45. The van der Waals surface area contributed by atoms with Crippen molar-refractivity contribution in [3.63, 3.8) is 0 Å². The second kappa shape index (κ2) is 4.38. The molecule has 0 unspecified atom stereocenters. The molecule has 0 saturated carbocycles. The molecule has 0 spiro atoms. The zero-order valence-corrected chi connectivity index (χ0v) is 10.5. The van der Waals surface area contributed by atoms with Crippen LogP contribution in [0.2, 0.25) is 0 Å². The standard InChI is InChI=1S/C10H6Cl3NS/c11-10(12,15-13)9-6-5-7-3-1-2-4-8(7)14-9/h1-6H. The van der Waals surface area contributed by atoms with Crippen molar-refractivity contribution in [1.29, 1.82) is 0 Å². The first kappa shape index (κ1) is 11.3. The smallest absolute Gasteiger partial charge is 0.219 e. The number of fused-ring (bicyclic) bond motifs is 1. The van der Waals surface area contributed by atoms with Gasteiger partial charge in [-0.15, -0.1) is 0 Å². The summed E-state index contributed by atoms with van der Waals surface area (Å²) in [5.41, 5.74) is 1.40. The summed E-state index contributed by atoms with van der Waals surface area (Å²) < 4.78 is -1.20. The Morgan fingerprint density at radius 1 is 1.07 bits per heavy atom. The average Bonchev–Trinajstić information content (AvgIpc) is 2.28. The summed E-state index contributed by atoms with van der Waals surface area (Å²) in [6.07, 6.45) is 0. The largest absolute Gasteiger partial charge is 0.249 e. The van der Waals surface area contributed by atoms with E-state index in [-0.39, 0.29) is 0 Å². The number of hydrogen-bond acceptors (Lipinski definition) is 2. The predicted octanol–water partition coefficient (Wildman–Crippen LogP) is 4.71. The molecule has 0 saturated heterocycles. The first-order chi connectivity index (χ1) is 7.13. The molecule has 1 aromatic heterocycles. The van der Waals surface area contributed by atoms with E-state index in [1.807, 2.05) is 30.3 Å². The number of benzene rings is 1. The van der Waals surface area contributed by atoms with Crippen LogP contribution >= 0.6 is 44.9 Å². The van der Waals surface area contributed by atoms with E-state index in [0.717, 1.165) is 21.9 Å². The molecule has 1 heterocycles. The summed E-state index contributed by atoms with van der Waals surface area (Å²) >= 11 is 12.0. The molecule has 0 radical (unpaired) electrons. The van der Waals surface area contributed by atoms with Gasteiger partial charge in [0.1, 0.15) is 0 Å². The van der Waals surface area contributed by atoms with Crippen molar-refractivity contribution in [2.24, 2.45) is 0 Å². The van der Waals surface area contributed by atoms with Crippen LogP contribution in [0.3, 0.4) is 0 Å². The highest BCUT2D eigenvalue weighted by Gasteiger charge is 2.28. The topological polar surface area (TPSA) is 12.9 Å². The number of rotatable bonds is 2. The Hall–Kier alpha value is -0.150. The molecule has 15 heavy (non-hydrogen) atoms. The van der Waals surface area contributed by atoms with Gasteiger partial charge in [-0.25, -0.2) is 4.98 Å². The normalized spacial score (nSPS) is 11.9. The molecular weight excluding hydrogens is 273 g/mol. The van der Waals surface area contributed by atoms with Crippen molar-refractivity contribution < 1.29 is 0 Å². The Morgan fingerprint density at radius 2 is 1.80 bits per heavy atom. The Labute approximate surface area is 106 Å². The molecular formula is C10H6Cl3NS. The van der Waals surface area contributed by atoms with Gasteiger partial charge in [-0.05, 0) is 33.8 Å². The maximum absolute atomic E-state index is 5.98. The number of halogens is 3. The average molecular weight is 279 g/mol. The number of para-hydroxylation sites is 1. The van der Waals surface area contributed by atoms with Crippen molar-refractivity contribution >= 4 is 55.8 Å². The van der Waals surface area contributed by atoms with Gasteiger partial charge < -0.3 is 0 Å². The van der Waals surface area contributed by atoms with E-state index in [2.05, 4.69) is 4.98 Å². The predicted molar refractivity (Wildman–Crippen MR) is 68.6 cm³/mol. The van der Waals surface area contributed by atoms with Crippen LogP contribution in [0.4, 0.5) is 0 Å². The molecule has 78 valence electrons. The van der Waals surface area contributed by atoms with E-state index in [1.165, 1.54) is 0 Å². The maximum Gasteiger partial charge on any atom is 0.219 e. The van der Waals surface area contributed by atoms with Crippen LogP contribution in [0.1, 0.15) is 5.69 Å². The Morgan fingerprint density at radius 3 is 2.53 bits per heavy atom. The number of alkyl halides is 2. The summed E-state index contributed by atoms with van der Waals surface area (Å²) in [5, 5.41) is 1.05. The monoisotopic (exact) mass is 277 g/mol. The highest BCUT2D eigenvalue weighted by molar-refractivity contribution is 8.23. The van der Waals surface area contributed by atoms with Crippen molar-refractivity contribution in [2.45, 2.75) is 3.67 Å². The van der Waals surface area contributed by atoms with Gasteiger partial charge in [-0.3, -0.25) is 0 Å². The first-order valence-corrected chi connectivity index (χ1v) is 6.57. The van der Waals surface area contributed by atoms with Gasteiger partial charge in [0.15, 0.2) is 0 Å². The Bertz CT molecular complexity index is 487. The summed E-state index contributed by atoms with van der Waals surface area (Å²) in [5.74, 6) is 0. The lowest BCUT2D eigenvalue weighted by molar-refractivity contribution is 1.14. The molecule has 5 heteroatoms. The minimum absolute atomic E-state index is 0.546. The third kappa shape index (κ3) is 2.34. The van der Waals surface area contributed by atoms with Crippen molar-refractivity contribution in [2.75, 3.05) is 0 Å². The van der Waals surface area contributed by atoms with Gasteiger partial charge >= 0.3 is 0 Å². The number of nitrogens with zero attached hydrogens (tertiary/aromatic N) is 1. The van der Waals surface area contributed by atoms with Crippen LogP contribution in [0.5, 0.6) is 0 Å². The van der Waals surface area contributed by atoms with E-state index < -0.39 is 3.67 Å². The lowest BCUT2D eigenvalue weighted by atomic mass is 10.2. The molecule has 0 aliphatic rings. The third-order valence-corrected chi connectivity index (χ3v) is 4.41. The van der Waals surface area contributed by atoms with Crippen molar-refractivity contribution in [3.05, 3.63) is 42.1 Å². The fourth-order valence-corrected chi connectivity index (χ4v) is 1.91. The highest BCUT2D eigenvalue weighted by atomic mass is 35.7. The number of pyridine rings is 1. The van der Waals surface area contributed by atoms with Gasteiger partial charge in [-0.2, -0.15) is 0 Å². The van der Waals surface area contributed by atoms with Gasteiger partial charge in [0.05, 0.1) is 11.2 Å². The SMILES string of the molecule is ClSC(Cl)(Cl)c1ccc2ccccc2n1. The molecule has 0 bridgehead atoms. The van der Waals surface area contributed by atoms with E-state index >= 15 is 0 Å². The molecule has 0 N–H and O–H groups in total. The molecule has 0 atom stereocenters. The van der Waals surface area contributed by atoms with Crippen LogP contribution < -0.4 is 0 Å². The molecule has 0 aliphatic carbocycles. The molecule has 0 fully saturated rings. The van der Waals surface area contributed by atoms with Crippen LogP contribution in [-0.4, -0.2) is 4.98 Å². The van der Waals surface area contributed by atoms with E-state index in [4.69, 9.17) is 33.9 Å². The van der Waals surface area contributed by atoms with Crippen molar-refractivity contribution in [3.8, 4) is 0 Å². The molecule has 1 aromatic carbocycles. The fourth-order valence-electron chi connectivity index (χ4n) is 1.27. The van der Waals surface area contributed by atoms with Crippen molar-refractivity contribution in [1.82, 2.24) is 4.98 Å². The van der Waals surface area contributed by atoms with Gasteiger partial charge in [-0.1, -0.05) is 47.5 Å². The first-order valence-electron chi connectivity index (χ1n) is 4.17. The molecule has 2 aromatic rings. The second-order valence-electron chi connectivity index (χ2n) is 2.98. The summed E-state index contributed by atoms with van der Waals surface area (Å²) in [6.45, 7) is 0. The van der Waals surface area contributed by atoms with Gasteiger partial charge in [0, 0.05) is 5.39 Å². The van der Waals surface area contributed by atoms with E-state index in [9.17, 15) is 0 Å². The highest BCUT2D eigenvalue weighted by Crippen LogP contribution is 2.46. The number of aromatic nitrogens is 1. The maximum atomic E-state index is 5.98. The quantitative estimate of drug-likeness (QED) is 0.738. The van der Waals surface area contributed by atoms with E-state index in [1.54, 1.807) is 6.07 Å². The lowest BCUT2D eigenvalue weighted by Gasteiger charge is -2.14. The molecule has 1 nitrogen and oxygen atoms in total. The summed E-state index contributed by atoms with van der Waals surface area (Å²) in [7, 11) is 6.42. The van der Waals surface area contributed by atoms with Crippen LogP contribution in [-0.2, 0) is 3.67 Å². The summed E-state index contributed by atoms with van der Waals surface area (Å²) in [6, 6.07) is 11.4. The van der Waals surface area contributed by atoms with Gasteiger partial charge in [0.25, 0.3) is 0 Å². The van der Waals surface area contributed by atoms with Crippen LogP contribution in [0.25, 0.3) is 10.9 Å². The Kier molecular flexibility index (Phi) is 3.31. The van der Waals surface area contributed by atoms with Crippen LogP contribution in [0.15, 0.2) is 36.4 Å². The fraction of sp³-hybridized carbons (Fsp3) is 0.100. The molecule has 2 rings (SSSR count). The second-order valence-corrected chi connectivity index (χ2v) is 5.99. The minimum Gasteiger partial charge on any atom is -0.249 e. The Balaban J connectivity index is 2.56.